The second-order valence-electron chi connectivity index (χ2n) is 3.07. The van der Waals surface area contributed by atoms with Gasteiger partial charge in [0.15, 0.2) is 0 Å². The number of rotatable bonds is 0. The van der Waals surface area contributed by atoms with Crippen molar-refractivity contribution in [2.45, 2.75) is 25.7 Å². The molecule has 0 aromatic carbocycles. The molecule has 69 valence electrons. The van der Waals surface area contributed by atoms with E-state index >= 15 is 0 Å². The maximum Gasteiger partial charge on any atom is 0.00473 e. The normalized spacial score (nSPS) is 28.9. The largest absolute Gasteiger partial charge is 0.0882 e. The molecule has 0 aromatic rings. The van der Waals surface area contributed by atoms with Crippen molar-refractivity contribution < 1.29 is 0 Å². The van der Waals surface area contributed by atoms with Gasteiger partial charge in [-0.1, -0.05) is 48.6 Å². The molecule has 0 unspecified atom stereocenters. The molecule has 0 atom stereocenters. The molecule has 1 aliphatic carbocycles. The van der Waals surface area contributed by atoms with E-state index in [0.717, 1.165) is 6.42 Å². The van der Waals surface area contributed by atoms with E-state index in [1.165, 1.54) is 19.3 Å². The molecule has 0 aliphatic heterocycles. The minimum absolute atomic E-state index is 1.05. The maximum atomic E-state index is 2.27. The lowest BCUT2D eigenvalue weighted by atomic mass is 10.2. The van der Waals surface area contributed by atoms with Crippen molar-refractivity contribution in [1.29, 1.82) is 0 Å². The molecule has 0 bridgehead atoms. The van der Waals surface area contributed by atoms with Crippen molar-refractivity contribution in [3.8, 4) is 0 Å². The Hall–Kier alpha value is -1.04. The molecule has 13 heavy (non-hydrogen) atoms. The Labute approximate surface area is 81.4 Å². The SMILES string of the molecule is [CH]1/C=C/C=C/C/C=C\CCC/C=C/1. The highest BCUT2D eigenvalue weighted by atomic mass is 13.9. The van der Waals surface area contributed by atoms with Crippen LogP contribution in [0.5, 0.6) is 0 Å². The Morgan fingerprint density at radius 1 is 0.615 bits per heavy atom. The summed E-state index contributed by atoms with van der Waals surface area (Å²) in [7, 11) is 0. The summed E-state index contributed by atoms with van der Waals surface area (Å²) < 4.78 is 0. The predicted octanol–water partition coefficient (Wildman–Crippen LogP) is 3.99. The molecule has 0 aromatic heterocycles. The average molecular weight is 173 g/mol. The van der Waals surface area contributed by atoms with Crippen LogP contribution in [0, 0.1) is 6.42 Å². The third-order valence-corrected chi connectivity index (χ3v) is 1.90. The van der Waals surface area contributed by atoms with E-state index in [1.807, 2.05) is 0 Å². The van der Waals surface area contributed by atoms with Gasteiger partial charge in [0, 0.05) is 6.42 Å². The molecule has 0 N–H and O–H groups in total. The van der Waals surface area contributed by atoms with Crippen molar-refractivity contribution in [2.24, 2.45) is 0 Å². The zero-order chi connectivity index (χ0) is 9.19. The van der Waals surface area contributed by atoms with Crippen LogP contribution < -0.4 is 0 Å². The van der Waals surface area contributed by atoms with Crippen LogP contribution in [0.1, 0.15) is 25.7 Å². The molecule has 1 radical (unpaired) electrons. The molecule has 0 heteroatoms. The quantitative estimate of drug-likeness (QED) is 0.486. The van der Waals surface area contributed by atoms with Crippen molar-refractivity contribution in [3.05, 3.63) is 55.0 Å². The fourth-order valence-corrected chi connectivity index (χ4v) is 1.17. The zero-order valence-corrected chi connectivity index (χ0v) is 8.02. The lowest BCUT2D eigenvalue weighted by Crippen LogP contribution is -1.69. The maximum absolute atomic E-state index is 2.27. The molecule has 0 saturated carbocycles. The van der Waals surface area contributed by atoms with E-state index in [9.17, 15) is 0 Å². The lowest BCUT2D eigenvalue weighted by Gasteiger charge is -1.89. The Morgan fingerprint density at radius 3 is 2.54 bits per heavy atom. The first kappa shape index (κ1) is 10.0. The third kappa shape index (κ3) is 6.15. The van der Waals surface area contributed by atoms with E-state index in [0.29, 0.717) is 0 Å². The van der Waals surface area contributed by atoms with E-state index < -0.39 is 0 Å². The molecule has 1 rings (SSSR count). The first-order valence-corrected chi connectivity index (χ1v) is 4.97. The Kier molecular flexibility index (Phi) is 5.87. The molecule has 1 aliphatic rings. The van der Waals surface area contributed by atoms with Crippen LogP contribution in [-0.2, 0) is 0 Å². The predicted molar refractivity (Wildman–Crippen MR) is 59.3 cm³/mol. The molecule has 0 heterocycles. The van der Waals surface area contributed by atoms with E-state index in [1.54, 1.807) is 0 Å². The van der Waals surface area contributed by atoms with Crippen molar-refractivity contribution in [1.82, 2.24) is 0 Å². The van der Waals surface area contributed by atoms with Gasteiger partial charge in [0.05, 0.1) is 0 Å². The van der Waals surface area contributed by atoms with Gasteiger partial charge in [-0.05, 0) is 25.7 Å². The van der Waals surface area contributed by atoms with Crippen LogP contribution in [0.15, 0.2) is 48.6 Å². The van der Waals surface area contributed by atoms with Gasteiger partial charge in [-0.15, -0.1) is 0 Å². The van der Waals surface area contributed by atoms with E-state index in [4.69, 9.17) is 0 Å². The smallest absolute Gasteiger partial charge is 0.00473 e. The van der Waals surface area contributed by atoms with Crippen LogP contribution in [0.4, 0.5) is 0 Å². The zero-order valence-electron chi connectivity index (χ0n) is 8.02. The summed E-state index contributed by atoms with van der Waals surface area (Å²) in [6, 6.07) is 0. The Bertz CT molecular complexity index is 192. The van der Waals surface area contributed by atoms with Crippen LogP contribution in [0.25, 0.3) is 0 Å². The first-order chi connectivity index (χ1) is 6.50. The van der Waals surface area contributed by atoms with E-state index in [2.05, 4.69) is 55.0 Å². The van der Waals surface area contributed by atoms with Crippen molar-refractivity contribution >= 4 is 0 Å². The number of allylic oxidation sites excluding steroid dienone is 8. The highest BCUT2D eigenvalue weighted by molar-refractivity contribution is 5.14. The van der Waals surface area contributed by atoms with E-state index in [-0.39, 0.29) is 0 Å². The molecular formula is C13H17. The van der Waals surface area contributed by atoms with Crippen molar-refractivity contribution in [2.75, 3.05) is 0 Å². The summed E-state index contributed by atoms with van der Waals surface area (Å²) >= 11 is 0. The highest BCUT2D eigenvalue weighted by Crippen LogP contribution is 2.00. The molecular weight excluding hydrogens is 156 g/mol. The van der Waals surface area contributed by atoms with Gasteiger partial charge >= 0.3 is 0 Å². The summed E-state index contributed by atoms with van der Waals surface area (Å²) in [5.41, 5.74) is 0. The average Bonchev–Trinajstić information content (AvgIpc) is 2.18. The molecule has 0 spiro atoms. The second-order valence-corrected chi connectivity index (χ2v) is 3.07. The highest BCUT2D eigenvalue weighted by Gasteiger charge is 1.81. The van der Waals surface area contributed by atoms with Crippen LogP contribution in [0.3, 0.4) is 0 Å². The van der Waals surface area contributed by atoms with Crippen LogP contribution in [-0.4, -0.2) is 0 Å². The lowest BCUT2D eigenvalue weighted by molar-refractivity contribution is 0.866. The minimum Gasteiger partial charge on any atom is -0.0882 e. The third-order valence-electron chi connectivity index (χ3n) is 1.90. The van der Waals surface area contributed by atoms with Crippen LogP contribution in [0.2, 0.25) is 0 Å². The number of hydrogen-bond acceptors (Lipinski definition) is 0. The molecule has 0 amide bonds. The van der Waals surface area contributed by atoms with Gasteiger partial charge in [0.2, 0.25) is 0 Å². The summed E-state index contributed by atoms with van der Waals surface area (Å²) in [5.74, 6) is 0. The topological polar surface area (TPSA) is 0 Å². The Balaban J connectivity index is 2.38. The standard InChI is InChI=1S/C13H17/c1-2-4-6-8-10-12-13-11-9-7-5-3-1/h1-7,10,12H,8-9,11,13H2/b2-1+,6-4+,7-5+,12-10-. The van der Waals surface area contributed by atoms with Gasteiger partial charge in [0.25, 0.3) is 0 Å². The van der Waals surface area contributed by atoms with Gasteiger partial charge < -0.3 is 0 Å². The van der Waals surface area contributed by atoms with Gasteiger partial charge in [-0.2, -0.15) is 0 Å². The number of hydrogen-bond donors (Lipinski definition) is 0. The van der Waals surface area contributed by atoms with Crippen LogP contribution >= 0.6 is 0 Å². The van der Waals surface area contributed by atoms with Gasteiger partial charge in [0.1, 0.15) is 0 Å². The first-order valence-electron chi connectivity index (χ1n) is 4.97. The summed E-state index contributed by atoms with van der Waals surface area (Å²) in [6.07, 6.45) is 24.0. The van der Waals surface area contributed by atoms with Gasteiger partial charge in [-0.3, -0.25) is 0 Å². The minimum atomic E-state index is 1.05. The molecule has 0 fully saturated rings. The fourth-order valence-electron chi connectivity index (χ4n) is 1.17. The Morgan fingerprint density at radius 2 is 1.54 bits per heavy atom. The fraction of sp³-hybridized carbons (Fsp3) is 0.308. The van der Waals surface area contributed by atoms with Gasteiger partial charge in [-0.25, -0.2) is 0 Å². The molecule has 0 saturated heterocycles. The second kappa shape index (κ2) is 7.60. The summed E-state index contributed by atoms with van der Waals surface area (Å²) in [5, 5.41) is 0. The monoisotopic (exact) mass is 173 g/mol. The summed E-state index contributed by atoms with van der Waals surface area (Å²) in [6.45, 7) is 0. The summed E-state index contributed by atoms with van der Waals surface area (Å²) in [4.78, 5) is 0. The molecule has 0 nitrogen and oxygen atoms in total. The van der Waals surface area contributed by atoms with Crippen molar-refractivity contribution in [3.63, 3.8) is 0 Å².